The van der Waals surface area contributed by atoms with Crippen molar-refractivity contribution in [2.45, 2.75) is 48.1 Å². The van der Waals surface area contributed by atoms with E-state index in [1.54, 1.807) is 38.6 Å². The first kappa shape index (κ1) is 27.7. The molecule has 0 saturated heterocycles. The quantitative estimate of drug-likeness (QED) is 0.326. The van der Waals surface area contributed by atoms with Gasteiger partial charge in [0.25, 0.3) is 5.56 Å². The van der Waals surface area contributed by atoms with Crippen LogP contribution in [0.1, 0.15) is 56.3 Å². The number of aromatic nitrogens is 4. The normalized spacial score (nSPS) is 11.0. The monoisotopic (exact) mass is 551 g/mol. The van der Waals surface area contributed by atoms with Crippen LogP contribution in [-0.4, -0.2) is 50.6 Å². The fourth-order valence-electron chi connectivity index (χ4n) is 4.30. The highest BCUT2D eigenvalue weighted by molar-refractivity contribution is 7.18. The van der Waals surface area contributed by atoms with Gasteiger partial charge in [0.2, 0.25) is 5.91 Å². The van der Waals surface area contributed by atoms with Crippen LogP contribution in [0.15, 0.2) is 29.2 Å². The molecular formula is C27H29N5O6S. The van der Waals surface area contributed by atoms with E-state index in [0.29, 0.717) is 22.2 Å². The molecule has 0 unspecified atom stereocenters. The molecule has 0 spiro atoms. The number of rotatable bonds is 8. The molecule has 0 radical (unpaired) electrons. The molecule has 0 atom stereocenters. The first-order valence-corrected chi connectivity index (χ1v) is 13.2. The van der Waals surface area contributed by atoms with Gasteiger partial charge in [0, 0.05) is 5.39 Å². The summed E-state index contributed by atoms with van der Waals surface area (Å²) in [5.74, 6) is -1.89. The highest BCUT2D eigenvalue weighted by atomic mass is 32.1. The number of thiophene rings is 1. The number of ether oxygens (including phenoxy) is 2. The van der Waals surface area contributed by atoms with E-state index in [1.807, 2.05) is 32.0 Å². The Kier molecular flexibility index (Phi) is 7.95. The van der Waals surface area contributed by atoms with Crippen LogP contribution in [0.5, 0.6) is 0 Å². The van der Waals surface area contributed by atoms with Gasteiger partial charge in [-0.05, 0) is 58.7 Å². The van der Waals surface area contributed by atoms with Crippen molar-refractivity contribution in [3.63, 3.8) is 0 Å². The lowest BCUT2D eigenvalue weighted by atomic mass is 10.1. The molecule has 4 aromatic rings. The molecule has 1 N–H and O–H groups in total. The van der Waals surface area contributed by atoms with Crippen LogP contribution in [0.2, 0.25) is 0 Å². The van der Waals surface area contributed by atoms with Crippen molar-refractivity contribution in [2.75, 3.05) is 18.5 Å². The van der Waals surface area contributed by atoms with Gasteiger partial charge in [-0.2, -0.15) is 10.2 Å². The SMILES string of the molecule is CCOC(=O)c1sc(NC(=O)Cn2nc(C)c3cnn(-c4ccc(C)cc4C)c3c2=O)c(C(=O)OCC)c1C. The van der Waals surface area contributed by atoms with Crippen molar-refractivity contribution < 1.29 is 23.9 Å². The lowest BCUT2D eigenvalue weighted by Crippen LogP contribution is -2.31. The molecule has 12 heteroatoms. The van der Waals surface area contributed by atoms with Gasteiger partial charge in [0.15, 0.2) is 0 Å². The fraction of sp³-hybridized carbons (Fsp3) is 0.333. The molecule has 204 valence electrons. The molecule has 0 aliphatic heterocycles. The number of anilines is 1. The van der Waals surface area contributed by atoms with Crippen molar-refractivity contribution >= 4 is 45.1 Å². The molecule has 4 rings (SSSR count). The van der Waals surface area contributed by atoms with Gasteiger partial charge < -0.3 is 14.8 Å². The van der Waals surface area contributed by atoms with Gasteiger partial charge in [-0.15, -0.1) is 11.3 Å². The number of esters is 2. The molecule has 11 nitrogen and oxygen atoms in total. The molecule has 0 fully saturated rings. The van der Waals surface area contributed by atoms with Crippen LogP contribution in [0.3, 0.4) is 0 Å². The largest absolute Gasteiger partial charge is 0.462 e. The van der Waals surface area contributed by atoms with E-state index in [2.05, 4.69) is 15.5 Å². The summed E-state index contributed by atoms with van der Waals surface area (Å²) in [4.78, 5) is 51.9. The summed E-state index contributed by atoms with van der Waals surface area (Å²) < 4.78 is 12.8. The minimum atomic E-state index is -0.679. The van der Waals surface area contributed by atoms with Crippen LogP contribution in [0, 0.1) is 27.7 Å². The average Bonchev–Trinajstić information content (AvgIpc) is 3.44. The van der Waals surface area contributed by atoms with Crippen molar-refractivity contribution in [3.05, 3.63) is 67.6 Å². The van der Waals surface area contributed by atoms with E-state index in [9.17, 15) is 19.2 Å². The Morgan fingerprint density at radius 1 is 1.03 bits per heavy atom. The predicted molar refractivity (Wildman–Crippen MR) is 147 cm³/mol. The molecule has 0 aliphatic rings. The Morgan fingerprint density at radius 3 is 2.38 bits per heavy atom. The number of aryl methyl sites for hydroxylation is 3. The minimum absolute atomic E-state index is 0.0677. The maximum Gasteiger partial charge on any atom is 0.348 e. The summed E-state index contributed by atoms with van der Waals surface area (Å²) in [5.41, 5.74) is 3.50. The standard InChI is InChI=1S/C27H29N5O6S/c1-7-37-26(35)21-16(5)23(27(36)38-8-2)39-24(21)29-20(33)13-31-25(34)22-18(17(6)30-31)12-28-32(22)19-10-9-14(3)11-15(19)4/h9-12H,7-8,13H2,1-6H3,(H,29,33). The third-order valence-electron chi connectivity index (χ3n) is 6.08. The second-order valence-electron chi connectivity index (χ2n) is 8.91. The number of nitrogens with one attached hydrogen (secondary N) is 1. The van der Waals surface area contributed by atoms with E-state index in [0.717, 1.165) is 32.8 Å². The van der Waals surface area contributed by atoms with E-state index < -0.39 is 29.9 Å². The van der Waals surface area contributed by atoms with Crippen molar-refractivity contribution in [3.8, 4) is 5.69 Å². The van der Waals surface area contributed by atoms with Crippen LogP contribution in [0.4, 0.5) is 5.00 Å². The minimum Gasteiger partial charge on any atom is -0.462 e. The molecular weight excluding hydrogens is 522 g/mol. The summed E-state index contributed by atoms with van der Waals surface area (Å²) >= 11 is 0.912. The number of amides is 1. The molecule has 3 aromatic heterocycles. The zero-order chi connectivity index (χ0) is 28.4. The van der Waals surface area contributed by atoms with Gasteiger partial charge in [0.05, 0.1) is 36.4 Å². The number of nitrogens with zero attached hydrogens (tertiary/aromatic N) is 4. The molecule has 39 heavy (non-hydrogen) atoms. The van der Waals surface area contributed by atoms with Crippen molar-refractivity contribution in [1.82, 2.24) is 19.6 Å². The maximum absolute atomic E-state index is 13.5. The summed E-state index contributed by atoms with van der Waals surface area (Å²) in [7, 11) is 0. The first-order chi connectivity index (χ1) is 18.6. The lowest BCUT2D eigenvalue weighted by molar-refractivity contribution is -0.117. The second kappa shape index (κ2) is 11.2. The molecule has 1 amide bonds. The smallest absolute Gasteiger partial charge is 0.348 e. The lowest BCUT2D eigenvalue weighted by Gasteiger charge is -2.11. The Hall–Kier alpha value is -4.32. The average molecular weight is 552 g/mol. The number of hydrogen-bond donors (Lipinski definition) is 1. The van der Waals surface area contributed by atoms with Gasteiger partial charge in [-0.3, -0.25) is 9.59 Å². The third kappa shape index (κ3) is 5.32. The molecule has 0 aliphatic carbocycles. The summed E-state index contributed by atoms with van der Waals surface area (Å²) in [6.07, 6.45) is 1.58. The fourth-order valence-corrected chi connectivity index (χ4v) is 5.40. The summed E-state index contributed by atoms with van der Waals surface area (Å²) in [6.45, 7) is 10.4. The van der Waals surface area contributed by atoms with E-state index in [1.165, 1.54) is 0 Å². The Morgan fingerprint density at radius 2 is 1.72 bits per heavy atom. The van der Waals surface area contributed by atoms with Gasteiger partial charge in [-0.1, -0.05) is 17.7 Å². The van der Waals surface area contributed by atoms with Gasteiger partial charge in [0.1, 0.15) is 21.9 Å². The number of benzene rings is 1. The van der Waals surface area contributed by atoms with Gasteiger partial charge >= 0.3 is 11.9 Å². The van der Waals surface area contributed by atoms with E-state index in [-0.39, 0.29) is 28.7 Å². The maximum atomic E-state index is 13.5. The molecule has 0 saturated carbocycles. The number of carbonyl (C=O) groups excluding carboxylic acids is 3. The van der Waals surface area contributed by atoms with Crippen LogP contribution < -0.4 is 10.9 Å². The summed E-state index contributed by atoms with van der Waals surface area (Å²) in [5, 5.41) is 12.1. The first-order valence-electron chi connectivity index (χ1n) is 12.4. The topological polar surface area (TPSA) is 134 Å². The van der Waals surface area contributed by atoms with Crippen LogP contribution in [0.25, 0.3) is 16.6 Å². The van der Waals surface area contributed by atoms with E-state index >= 15 is 0 Å². The molecule has 0 bridgehead atoms. The molecule has 3 heterocycles. The number of carbonyl (C=O) groups is 3. The Bertz CT molecular complexity index is 1670. The zero-order valence-corrected chi connectivity index (χ0v) is 23.4. The van der Waals surface area contributed by atoms with Crippen molar-refractivity contribution in [1.29, 1.82) is 0 Å². The van der Waals surface area contributed by atoms with E-state index in [4.69, 9.17) is 9.47 Å². The zero-order valence-electron chi connectivity index (χ0n) is 22.6. The second-order valence-corrected chi connectivity index (χ2v) is 9.93. The van der Waals surface area contributed by atoms with Crippen molar-refractivity contribution in [2.24, 2.45) is 0 Å². The number of hydrogen-bond acceptors (Lipinski definition) is 9. The van der Waals surface area contributed by atoms with Crippen LogP contribution >= 0.6 is 11.3 Å². The third-order valence-corrected chi connectivity index (χ3v) is 7.27. The molecule has 1 aromatic carbocycles. The predicted octanol–water partition coefficient (Wildman–Crippen LogP) is 3.87. The highest BCUT2D eigenvalue weighted by Crippen LogP contribution is 2.34. The van der Waals surface area contributed by atoms with Crippen LogP contribution in [-0.2, 0) is 20.8 Å². The summed E-state index contributed by atoms with van der Waals surface area (Å²) in [6, 6.07) is 5.82. The Labute approximate surface area is 228 Å². The number of fused-ring (bicyclic) bond motifs is 1. The Balaban J connectivity index is 1.71. The highest BCUT2D eigenvalue weighted by Gasteiger charge is 2.27. The van der Waals surface area contributed by atoms with Gasteiger partial charge in [-0.25, -0.2) is 19.0 Å².